The number of benzene rings is 1. The number of fused-ring (bicyclic) bond motifs is 1. The minimum atomic E-state index is -0.237. The van der Waals surface area contributed by atoms with Gasteiger partial charge in [-0.2, -0.15) is 0 Å². The highest BCUT2D eigenvalue weighted by Gasteiger charge is 2.27. The summed E-state index contributed by atoms with van der Waals surface area (Å²) in [5.41, 5.74) is 1.89. The number of amides is 1. The number of unbranched alkanes of at least 4 members (excludes halogenated alkanes) is 1. The van der Waals surface area contributed by atoms with E-state index in [-0.39, 0.29) is 54.5 Å². The van der Waals surface area contributed by atoms with Gasteiger partial charge < -0.3 is 16.0 Å². The van der Waals surface area contributed by atoms with Gasteiger partial charge >= 0.3 is 0 Å². The maximum absolute atomic E-state index is 12.7. The Morgan fingerprint density at radius 1 is 1.15 bits per heavy atom. The standard InChI is InChI=1S/C24H36N6O.2ClH/c1-5-6-13-26-24(31)23-28-18-12-11-16(4)14-17(18)22(30-23)29-20-10-8-7-9-19(20)27-21(25)15(2)3;;/h11-12,14-15,19-20H,5-10,13H2,1-4H3,(H2,25,27)(H,26,31)(H,28,29,30);2*1H/t19-,20+;;/m1../s1. The molecule has 2 aromatic rings. The highest BCUT2D eigenvalue weighted by molar-refractivity contribution is 5.96. The molecule has 1 fully saturated rings. The minimum absolute atomic E-state index is 0. The SMILES string of the molecule is CCCCNC(=O)c1nc(N[C@H]2CCCC[C@H]2NC(=N)C(C)C)c2cc(C)ccc2n1.Cl.Cl. The molecule has 184 valence electrons. The summed E-state index contributed by atoms with van der Waals surface area (Å²) in [7, 11) is 0. The molecule has 0 aliphatic heterocycles. The Morgan fingerprint density at radius 2 is 1.85 bits per heavy atom. The van der Waals surface area contributed by atoms with Crippen molar-refractivity contribution in [1.82, 2.24) is 20.6 Å². The lowest BCUT2D eigenvalue weighted by Crippen LogP contribution is -2.49. The van der Waals surface area contributed by atoms with Gasteiger partial charge in [-0.1, -0.05) is 51.7 Å². The molecule has 9 heteroatoms. The van der Waals surface area contributed by atoms with Crippen LogP contribution in [0.25, 0.3) is 10.9 Å². The van der Waals surface area contributed by atoms with Crippen molar-refractivity contribution in [3.8, 4) is 0 Å². The molecule has 1 heterocycles. The van der Waals surface area contributed by atoms with Crippen LogP contribution in [0.1, 0.15) is 75.5 Å². The van der Waals surface area contributed by atoms with Gasteiger partial charge in [-0.25, -0.2) is 9.97 Å². The number of hydrogen-bond donors (Lipinski definition) is 4. The van der Waals surface area contributed by atoms with Crippen molar-refractivity contribution in [2.75, 3.05) is 11.9 Å². The van der Waals surface area contributed by atoms with E-state index in [1.807, 2.05) is 32.9 Å². The van der Waals surface area contributed by atoms with Crippen LogP contribution in [0.5, 0.6) is 0 Å². The third-order valence-electron chi connectivity index (χ3n) is 5.88. The number of amidine groups is 1. The van der Waals surface area contributed by atoms with Crippen molar-refractivity contribution in [3.05, 3.63) is 29.6 Å². The Hall–Kier alpha value is -2.12. The predicted molar refractivity (Wildman–Crippen MR) is 141 cm³/mol. The molecule has 1 aliphatic rings. The Morgan fingerprint density at radius 3 is 2.52 bits per heavy atom. The molecule has 1 aromatic heterocycles. The van der Waals surface area contributed by atoms with E-state index in [2.05, 4.69) is 38.9 Å². The van der Waals surface area contributed by atoms with Gasteiger partial charge in [0.1, 0.15) is 5.82 Å². The first-order valence-electron chi connectivity index (χ1n) is 11.6. The second kappa shape index (κ2) is 13.6. The third-order valence-corrected chi connectivity index (χ3v) is 5.88. The van der Waals surface area contributed by atoms with Crippen LogP contribution in [-0.2, 0) is 0 Å². The van der Waals surface area contributed by atoms with Crippen LogP contribution in [0.3, 0.4) is 0 Å². The number of aryl methyl sites for hydroxylation is 1. The van der Waals surface area contributed by atoms with Gasteiger partial charge in [0, 0.05) is 29.9 Å². The van der Waals surface area contributed by atoms with Crippen LogP contribution in [0.2, 0.25) is 0 Å². The zero-order chi connectivity index (χ0) is 22.4. The van der Waals surface area contributed by atoms with Gasteiger partial charge in [0.2, 0.25) is 5.82 Å². The Kier molecular flexibility index (Phi) is 11.9. The van der Waals surface area contributed by atoms with Gasteiger partial charge in [-0.15, -0.1) is 24.8 Å². The molecule has 2 atom stereocenters. The van der Waals surface area contributed by atoms with Crippen molar-refractivity contribution in [2.45, 2.75) is 78.3 Å². The van der Waals surface area contributed by atoms with Crippen molar-refractivity contribution in [2.24, 2.45) is 5.92 Å². The molecule has 1 saturated carbocycles. The minimum Gasteiger partial charge on any atom is -0.369 e. The molecule has 0 spiro atoms. The summed E-state index contributed by atoms with van der Waals surface area (Å²) in [4.78, 5) is 21.8. The van der Waals surface area contributed by atoms with Crippen molar-refractivity contribution in [1.29, 1.82) is 5.41 Å². The zero-order valence-corrected chi connectivity index (χ0v) is 21.7. The Balaban J connectivity index is 0.00000272. The molecule has 0 unspecified atom stereocenters. The van der Waals surface area contributed by atoms with E-state index in [0.717, 1.165) is 55.0 Å². The normalized spacial score (nSPS) is 17.6. The molecule has 4 N–H and O–H groups in total. The number of anilines is 1. The number of hydrogen-bond acceptors (Lipinski definition) is 5. The Labute approximate surface area is 209 Å². The van der Waals surface area contributed by atoms with Gasteiger partial charge in [-0.05, 0) is 38.3 Å². The molecule has 3 rings (SSSR count). The van der Waals surface area contributed by atoms with E-state index in [1.54, 1.807) is 0 Å². The summed E-state index contributed by atoms with van der Waals surface area (Å²) in [6, 6.07) is 6.33. The van der Waals surface area contributed by atoms with Gasteiger partial charge in [0.15, 0.2) is 0 Å². The molecule has 1 amide bonds. The van der Waals surface area contributed by atoms with Crippen LogP contribution in [0, 0.1) is 18.3 Å². The summed E-state index contributed by atoms with van der Waals surface area (Å²) in [5, 5.41) is 19.1. The van der Waals surface area contributed by atoms with Crippen LogP contribution in [0.4, 0.5) is 5.82 Å². The smallest absolute Gasteiger partial charge is 0.289 e. The second-order valence-electron chi connectivity index (χ2n) is 8.88. The number of nitrogens with zero attached hydrogens (tertiary/aromatic N) is 2. The number of halogens is 2. The van der Waals surface area contributed by atoms with E-state index in [0.29, 0.717) is 18.2 Å². The van der Waals surface area contributed by atoms with Crippen molar-refractivity contribution >= 4 is 53.3 Å². The second-order valence-corrected chi connectivity index (χ2v) is 8.88. The summed E-state index contributed by atoms with van der Waals surface area (Å²) < 4.78 is 0. The topological polar surface area (TPSA) is 103 Å². The first-order chi connectivity index (χ1) is 14.9. The summed E-state index contributed by atoms with van der Waals surface area (Å²) in [5.74, 6) is 1.40. The van der Waals surface area contributed by atoms with Gasteiger partial charge in [0.05, 0.1) is 11.4 Å². The molecule has 7 nitrogen and oxygen atoms in total. The monoisotopic (exact) mass is 496 g/mol. The largest absolute Gasteiger partial charge is 0.369 e. The number of rotatable bonds is 8. The molecule has 0 radical (unpaired) electrons. The maximum Gasteiger partial charge on any atom is 0.289 e. The van der Waals surface area contributed by atoms with Crippen LogP contribution < -0.4 is 16.0 Å². The fourth-order valence-electron chi connectivity index (χ4n) is 3.93. The van der Waals surface area contributed by atoms with Crippen molar-refractivity contribution < 1.29 is 4.79 Å². The van der Waals surface area contributed by atoms with E-state index in [4.69, 9.17) is 5.41 Å². The average Bonchev–Trinajstić information content (AvgIpc) is 2.75. The Bertz CT molecular complexity index is 937. The first-order valence-corrected chi connectivity index (χ1v) is 11.6. The van der Waals surface area contributed by atoms with Crippen LogP contribution in [-0.4, -0.2) is 40.3 Å². The fourth-order valence-corrected chi connectivity index (χ4v) is 3.93. The van der Waals surface area contributed by atoms with E-state index >= 15 is 0 Å². The summed E-state index contributed by atoms with van der Waals surface area (Å²) in [6.45, 7) is 8.83. The highest BCUT2D eigenvalue weighted by Crippen LogP contribution is 2.27. The predicted octanol–water partition coefficient (Wildman–Crippen LogP) is 5.26. The van der Waals surface area contributed by atoms with Gasteiger partial charge in [0.25, 0.3) is 5.91 Å². The number of carbonyl (C=O) groups is 1. The molecular formula is C24H38Cl2N6O. The summed E-state index contributed by atoms with van der Waals surface area (Å²) in [6.07, 6.45) is 6.25. The van der Waals surface area contributed by atoms with E-state index < -0.39 is 0 Å². The fraction of sp³-hybridized carbons (Fsp3) is 0.583. The molecule has 1 aromatic carbocycles. The van der Waals surface area contributed by atoms with Gasteiger partial charge in [-0.3, -0.25) is 10.2 Å². The number of carbonyl (C=O) groups excluding carboxylic acids is 1. The third kappa shape index (κ3) is 7.71. The maximum atomic E-state index is 12.7. The lowest BCUT2D eigenvalue weighted by Gasteiger charge is -2.34. The van der Waals surface area contributed by atoms with E-state index in [1.165, 1.54) is 0 Å². The zero-order valence-electron chi connectivity index (χ0n) is 20.0. The molecule has 0 saturated heterocycles. The van der Waals surface area contributed by atoms with Crippen LogP contribution in [0.15, 0.2) is 18.2 Å². The molecular weight excluding hydrogens is 459 g/mol. The molecule has 0 bridgehead atoms. The first kappa shape index (κ1) is 28.9. The van der Waals surface area contributed by atoms with Crippen molar-refractivity contribution in [3.63, 3.8) is 0 Å². The molecule has 33 heavy (non-hydrogen) atoms. The van der Waals surface area contributed by atoms with Crippen LogP contribution >= 0.6 is 24.8 Å². The lowest BCUT2D eigenvalue weighted by atomic mass is 9.89. The quantitative estimate of drug-likeness (QED) is 0.226. The number of nitrogens with one attached hydrogen (secondary N) is 4. The number of aromatic nitrogens is 2. The molecule has 1 aliphatic carbocycles. The highest BCUT2D eigenvalue weighted by atomic mass is 35.5. The van der Waals surface area contributed by atoms with E-state index in [9.17, 15) is 4.79 Å². The summed E-state index contributed by atoms with van der Waals surface area (Å²) >= 11 is 0. The lowest BCUT2D eigenvalue weighted by molar-refractivity contribution is 0.0943. The average molecular weight is 498 g/mol.